The van der Waals surface area contributed by atoms with Gasteiger partial charge in [-0.15, -0.1) is 0 Å². The summed E-state index contributed by atoms with van der Waals surface area (Å²) in [5.74, 6) is -0.601. The fourth-order valence-electron chi connectivity index (χ4n) is 1.44. The monoisotopic (exact) mass is 356 g/mol. The first-order valence-corrected chi connectivity index (χ1v) is 5.74. The van der Waals surface area contributed by atoms with Crippen LogP contribution in [0.4, 0.5) is 0 Å². The Morgan fingerprint density at radius 2 is 1.45 bits per heavy atom. The number of rotatable bonds is 4. The smallest absolute Gasteiger partial charge is 0.481 e. The maximum atomic E-state index is 10.5. The quantitative estimate of drug-likeness (QED) is 0.521. The van der Waals surface area contributed by atoms with Crippen molar-refractivity contribution in [2.24, 2.45) is 0 Å². The van der Waals surface area contributed by atoms with Crippen LogP contribution >= 0.6 is 0 Å². The van der Waals surface area contributed by atoms with Crippen LogP contribution < -0.4 is 0 Å². The molecular weight excluding hydrogens is 340 g/mol. The van der Waals surface area contributed by atoms with Crippen molar-refractivity contribution in [3.8, 4) is 0 Å². The number of carbonyl (C=O) groups excluding carboxylic acids is 1. The van der Waals surface area contributed by atoms with Crippen LogP contribution in [-0.4, -0.2) is 16.9 Å². The molecular formula is C15H16Fe2O3. The summed E-state index contributed by atoms with van der Waals surface area (Å²) in [6, 6.07) is 15.0. The zero-order valence-electron chi connectivity index (χ0n) is 11.0. The molecule has 0 radical (unpaired) electrons. The summed E-state index contributed by atoms with van der Waals surface area (Å²) in [4.78, 5) is 20.6. The maximum absolute atomic E-state index is 10.5. The van der Waals surface area contributed by atoms with Crippen molar-refractivity contribution < 1.29 is 48.8 Å². The van der Waals surface area contributed by atoms with Gasteiger partial charge in [0.25, 0.3) is 0 Å². The molecule has 1 N–H and O–H groups in total. The minimum Gasteiger partial charge on any atom is -0.481 e. The number of carbonyl (C=O) groups is 2. The molecule has 0 bridgehead atoms. The topological polar surface area (TPSA) is 54.4 Å². The Morgan fingerprint density at radius 3 is 1.80 bits per heavy atom. The molecule has 0 atom stereocenters. The number of aryl methyl sites for hydroxylation is 1. The van der Waals surface area contributed by atoms with E-state index in [0.717, 1.165) is 11.1 Å². The van der Waals surface area contributed by atoms with Gasteiger partial charge in [-0.1, -0.05) is 12.0 Å². The first-order chi connectivity index (χ1) is 8.59. The van der Waals surface area contributed by atoms with E-state index < -0.39 is 5.97 Å². The van der Waals surface area contributed by atoms with Crippen LogP contribution in [0.15, 0.2) is 48.5 Å². The second-order valence-corrected chi connectivity index (χ2v) is 3.92. The molecule has 0 heterocycles. The first kappa shape index (κ1) is 21.2. The number of carboxylic acid groups (broad SMARTS) is 1. The molecule has 0 fully saturated rings. The van der Waals surface area contributed by atoms with E-state index in [9.17, 15) is 9.59 Å². The van der Waals surface area contributed by atoms with Crippen molar-refractivity contribution in [2.75, 3.05) is 0 Å². The first-order valence-electron chi connectivity index (χ1n) is 5.74. The van der Waals surface area contributed by atoms with Gasteiger partial charge >= 0.3 is 23.0 Å². The summed E-state index contributed by atoms with van der Waals surface area (Å²) in [5.41, 5.74) is 1.90. The van der Waals surface area contributed by atoms with E-state index in [0.29, 0.717) is 6.42 Å². The molecule has 0 aliphatic heterocycles. The minimum atomic E-state index is -0.735. The Kier molecular flexibility index (Phi) is 12.4. The molecule has 0 aliphatic carbocycles. The zero-order valence-corrected chi connectivity index (χ0v) is 13.2. The van der Waals surface area contributed by atoms with Crippen LogP contribution in [0.1, 0.15) is 29.3 Å². The average molecular weight is 356 g/mol. The van der Waals surface area contributed by atoms with Crippen LogP contribution in [0.25, 0.3) is 0 Å². The summed E-state index contributed by atoms with van der Waals surface area (Å²) in [6.07, 6.45) is 0.867. The summed E-state index contributed by atoms with van der Waals surface area (Å²) in [5, 5.41) is 8.31. The van der Waals surface area contributed by atoms with E-state index in [-0.39, 0.29) is 46.3 Å². The van der Waals surface area contributed by atoms with Crippen molar-refractivity contribution >= 4 is 11.8 Å². The van der Waals surface area contributed by atoms with Crippen LogP contribution in [0.5, 0.6) is 0 Å². The maximum Gasteiger partial charge on any atom is 2.00 e. The van der Waals surface area contributed by atoms with Gasteiger partial charge in [0, 0.05) is 23.5 Å². The van der Waals surface area contributed by atoms with Crippen LogP contribution in [0.3, 0.4) is 0 Å². The van der Waals surface area contributed by atoms with Crippen LogP contribution in [-0.2, 0) is 45.4 Å². The van der Waals surface area contributed by atoms with E-state index in [1.165, 1.54) is 0 Å². The summed E-state index contributed by atoms with van der Waals surface area (Å²) in [7, 11) is 0. The van der Waals surface area contributed by atoms with Gasteiger partial charge in [0.1, 0.15) is 5.78 Å². The molecule has 0 amide bonds. The number of hydrogen-bond donors (Lipinski definition) is 1. The average Bonchev–Trinajstić information content (AvgIpc) is 3.00. The van der Waals surface area contributed by atoms with E-state index in [4.69, 9.17) is 5.11 Å². The molecule has 5 heteroatoms. The van der Waals surface area contributed by atoms with Gasteiger partial charge in [-0.2, -0.15) is 29.8 Å². The molecule has 0 saturated carbocycles. The van der Waals surface area contributed by atoms with Crippen molar-refractivity contribution in [1.82, 2.24) is 0 Å². The van der Waals surface area contributed by atoms with Crippen LogP contribution in [0.2, 0.25) is 0 Å². The summed E-state index contributed by atoms with van der Waals surface area (Å²) >= 11 is 0. The molecule has 110 valence electrons. The molecule has 0 aliphatic rings. The third-order valence-corrected chi connectivity index (χ3v) is 2.43. The van der Waals surface area contributed by atoms with Gasteiger partial charge in [0.15, 0.2) is 0 Å². The van der Waals surface area contributed by atoms with Gasteiger partial charge in [-0.3, -0.25) is 4.79 Å². The van der Waals surface area contributed by atoms with Crippen molar-refractivity contribution in [3.63, 3.8) is 0 Å². The van der Waals surface area contributed by atoms with Gasteiger partial charge in [-0.05, 0) is 6.92 Å². The standard InChI is InChI=1S/C8H9O2.C7H7O.2Fe/c9-8(10)6-5-7-3-1-2-4-7;1-6(8)7-4-2-3-5-7;;/h1-4H,5-6H2,(H,9,10);2-5H,1H3;;/q2*-1;;+2. The Balaban J connectivity index is 0. The minimum absolute atomic E-state index is 0. The Morgan fingerprint density at radius 1 is 1.00 bits per heavy atom. The van der Waals surface area contributed by atoms with E-state index in [1.54, 1.807) is 6.92 Å². The van der Waals surface area contributed by atoms with E-state index in [1.807, 2.05) is 48.5 Å². The predicted octanol–water partition coefficient (Wildman–Crippen LogP) is 3.03. The SMILES string of the molecule is CC(=O)[c-]1cccc1.O=C(O)CC[c-]1cccc1.[Fe+2].[Fe]. The van der Waals surface area contributed by atoms with Crippen LogP contribution in [0, 0.1) is 0 Å². The summed E-state index contributed by atoms with van der Waals surface area (Å²) < 4.78 is 0. The molecule has 2 aromatic carbocycles. The van der Waals surface area contributed by atoms with Gasteiger partial charge in [0.2, 0.25) is 0 Å². The fourth-order valence-corrected chi connectivity index (χ4v) is 1.44. The molecule has 3 nitrogen and oxygen atoms in total. The normalized spacial score (nSPS) is 8.45. The fraction of sp³-hybridized carbons (Fsp3) is 0.200. The predicted molar refractivity (Wildman–Crippen MR) is 70.0 cm³/mol. The van der Waals surface area contributed by atoms with Crippen molar-refractivity contribution in [3.05, 3.63) is 59.7 Å². The molecule has 0 spiro atoms. The second-order valence-electron chi connectivity index (χ2n) is 3.92. The van der Waals surface area contributed by atoms with Gasteiger partial charge in [0.05, 0.1) is 0 Å². The van der Waals surface area contributed by atoms with E-state index >= 15 is 0 Å². The largest absolute Gasteiger partial charge is 2.00 e. The Bertz CT molecular complexity index is 473. The molecule has 0 saturated heterocycles. The van der Waals surface area contributed by atoms with E-state index in [2.05, 4.69) is 0 Å². The van der Waals surface area contributed by atoms with Gasteiger partial charge in [-0.25, -0.2) is 24.3 Å². The van der Waals surface area contributed by atoms with Gasteiger partial charge < -0.3 is 9.90 Å². The number of ketones is 1. The van der Waals surface area contributed by atoms with Crippen molar-refractivity contribution in [2.45, 2.75) is 19.8 Å². The number of Topliss-reactive ketones (excluding diaryl/α,β-unsaturated/α-hetero) is 1. The zero-order chi connectivity index (χ0) is 13.4. The third kappa shape index (κ3) is 8.89. The molecule has 20 heavy (non-hydrogen) atoms. The third-order valence-electron chi connectivity index (χ3n) is 2.43. The second kappa shape index (κ2) is 11.7. The number of carboxylic acids is 1. The molecule has 0 aromatic heterocycles. The van der Waals surface area contributed by atoms with Crippen molar-refractivity contribution in [1.29, 1.82) is 0 Å². The number of hydrogen-bond acceptors (Lipinski definition) is 2. The summed E-state index contributed by atoms with van der Waals surface area (Å²) in [6.45, 7) is 1.56. The molecule has 0 unspecified atom stereocenters. The molecule has 2 rings (SSSR count). The number of aliphatic carboxylic acids is 1. The Hall–Kier alpha value is -1.12. The molecule has 2 aromatic rings. The Labute approximate surface area is 140 Å².